The largest absolute Gasteiger partial charge is 0.324 e. The Bertz CT molecular complexity index is 586. The van der Waals surface area contributed by atoms with Crippen LogP contribution in [0.15, 0.2) is 29.2 Å². The molecule has 1 aromatic rings. The van der Waals surface area contributed by atoms with Crippen molar-refractivity contribution < 1.29 is 8.42 Å². The van der Waals surface area contributed by atoms with Gasteiger partial charge in [0.05, 0.1) is 4.90 Å². The van der Waals surface area contributed by atoms with E-state index in [1.807, 2.05) is 20.0 Å². The number of hydrogen-bond acceptors (Lipinski definition) is 4. The van der Waals surface area contributed by atoms with Crippen LogP contribution in [0.25, 0.3) is 0 Å². The number of hydrogen-bond donors (Lipinski definition) is 1. The molecule has 0 saturated carbocycles. The highest BCUT2D eigenvalue weighted by Crippen LogP contribution is 2.23. The van der Waals surface area contributed by atoms with Gasteiger partial charge >= 0.3 is 0 Å². The zero-order valence-electron chi connectivity index (χ0n) is 13.0. The molecule has 2 unspecified atom stereocenters. The summed E-state index contributed by atoms with van der Waals surface area (Å²) in [5.41, 5.74) is 6.69. The predicted molar refractivity (Wildman–Crippen MR) is 84.5 cm³/mol. The highest BCUT2D eigenvalue weighted by atomic mass is 32.2. The second kappa shape index (κ2) is 6.44. The van der Waals surface area contributed by atoms with Crippen LogP contribution in [0.1, 0.15) is 31.4 Å². The van der Waals surface area contributed by atoms with Crippen molar-refractivity contribution in [2.75, 3.05) is 27.2 Å². The molecule has 2 N–H and O–H groups in total. The van der Waals surface area contributed by atoms with E-state index in [4.69, 9.17) is 5.73 Å². The Morgan fingerprint density at radius 2 is 2.14 bits per heavy atom. The van der Waals surface area contributed by atoms with Gasteiger partial charge in [-0.15, -0.1) is 0 Å². The van der Waals surface area contributed by atoms with Gasteiger partial charge in [0.2, 0.25) is 10.0 Å². The molecule has 1 saturated heterocycles. The lowest BCUT2D eigenvalue weighted by molar-refractivity contribution is 0.187. The van der Waals surface area contributed by atoms with Crippen LogP contribution in [0.2, 0.25) is 0 Å². The highest BCUT2D eigenvalue weighted by Gasteiger charge is 2.30. The first kappa shape index (κ1) is 16.4. The SMILES string of the molecule is CC(N)c1cccc(S(=O)(=O)N(C)C2CCCN(C)C2)c1. The molecular formula is C15H25N3O2S. The quantitative estimate of drug-likeness (QED) is 0.913. The van der Waals surface area contributed by atoms with E-state index in [0.717, 1.165) is 31.5 Å². The van der Waals surface area contributed by atoms with Crippen molar-refractivity contribution in [2.45, 2.75) is 36.7 Å². The molecule has 0 aromatic heterocycles. The second-order valence-electron chi connectivity index (χ2n) is 5.94. The minimum Gasteiger partial charge on any atom is -0.324 e. The molecule has 0 spiro atoms. The minimum atomic E-state index is -3.47. The van der Waals surface area contributed by atoms with E-state index in [0.29, 0.717) is 4.90 Å². The Kier molecular flexibility index (Phi) is 5.03. The average Bonchev–Trinajstić information content (AvgIpc) is 2.46. The van der Waals surface area contributed by atoms with Gasteiger partial charge in [0.15, 0.2) is 0 Å². The molecule has 0 bridgehead atoms. The van der Waals surface area contributed by atoms with E-state index >= 15 is 0 Å². The van der Waals surface area contributed by atoms with Crippen molar-refractivity contribution in [1.82, 2.24) is 9.21 Å². The van der Waals surface area contributed by atoms with Gasteiger partial charge < -0.3 is 10.6 Å². The van der Waals surface area contributed by atoms with Gasteiger partial charge in [-0.05, 0) is 51.1 Å². The van der Waals surface area contributed by atoms with Crippen molar-refractivity contribution in [2.24, 2.45) is 5.73 Å². The zero-order valence-corrected chi connectivity index (χ0v) is 13.8. The van der Waals surface area contributed by atoms with Gasteiger partial charge in [0, 0.05) is 25.7 Å². The molecule has 118 valence electrons. The molecule has 21 heavy (non-hydrogen) atoms. The number of likely N-dealkylation sites (tertiary alicyclic amines) is 1. The number of piperidine rings is 1. The van der Waals surface area contributed by atoms with Crippen LogP contribution in [0, 0.1) is 0 Å². The monoisotopic (exact) mass is 311 g/mol. The van der Waals surface area contributed by atoms with E-state index in [-0.39, 0.29) is 12.1 Å². The average molecular weight is 311 g/mol. The summed E-state index contributed by atoms with van der Waals surface area (Å²) in [5.74, 6) is 0. The molecule has 0 amide bonds. The number of benzene rings is 1. The first-order valence-electron chi connectivity index (χ1n) is 7.34. The minimum absolute atomic E-state index is 0.0349. The van der Waals surface area contributed by atoms with Crippen LogP contribution in [0.4, 0.5) is 0 Å². The third-order valence-electron chi connectivity index (χ3n) is 4.17. The van der Waals surface area contributed by atoms with Crippen molar-refractivity contribution in [3.05, 3.63) is 29.8 Å². The van der Waals surface area contributed by atoms with E-state index in [9.17, 15) is 8.42 Å². The van der Waals surface area contributed by atoms with Crippen LogP contribution >= 0.6 is 0 Å². The second-order valence-corrected chi connectivity index (χ2v) is 7.94. The van der Waals surface area contributed by atoms with Crippen LogP contribution < -0.4 is 5.73 Å². The van der Waals surface area contributed by atoms with Gasteiger partial charge in [0.25, 0.3) is 0 Å². The van der Waals surface area contributed by atoms with Gasteiger partial charge in [-0.1, -0.05) is 12.1 Å². The Morgan fingerprint density at radius 3 is 2.76 bits per heavy atom. The molecule has 1 aliphatic rings. The van der Waals surface area contributed by atoms with Crippen LogP contribution in [-0.4, -0.2) is 50.8 Å². The van der Waals surface area contributed by atoms with Crippen LogP contribution in [0.3, 0.4) is 0 Å². The number of likely N-dealkylation sites (N-methyl/N-ethyl adjacent to an activating group) is 2. The van der Waals surface area contributed by atoms with Crippen LogP contribution in [0.5, 0.6) is 0 Å². The van der Waals surface area contributed by atoms with E-state index in [2.05, 4.69) is 4.90 Å². The molecule has 6 heteroatoms. The molecule has 0 aliphatic carbocycles. The maximum Gasteiger partial charge on any atom is 0.243 e. The Balaban J connectivity index is 2.26. The lowest BCUT2D eigenvalue weighted by Gasteiger charge is -2.35. The molecule has 0 radical (unpaired) electrons. The van der Waals surface area contributed by atoms with Gasteiger partial charge in [0.1, 0.15) is 0 Å². The molecule has 1 heterocycles. The maximum atomic E-state index is 12.8. The van der Waals surface area contributed by atoms with Gasteiger partial charge in [-0.3, -0.25) is 0 Å². The van der Waals surface area contributed by atoms with Crippen molar-refractivity contribution in [3.8, 4) is 0 Å². The number of rotatable bonds is 4. The summed E-state index contributed by atoms with van der Waals surface area (Å²) >= 11 is 0. The Labute approximate surface area is 127 Å². The van der Waals surface area contributed by atoms with Gasteiger partial charge in [-0.2, -0.15) is 4.31 Å². The lowest BCUT2D eigenvalue weighted by atomic mass is 10.1. The topological polar surface area (TPSA) is 66.6 Å². The van der Waals surface area contributed by atoms with Crippen LogP contribution in [-0.2, 0) is 10.0 Å². The molecule has 1 aliphatic heterocycles. The number of nitrogens with zero attached hydrogens (tertiary/aromatic N) is 2. The zero-order chi connectivity index (χ0) is 15.6. The summed E-state index contributed by atoms with van der Waals surface area (Å²) in [6, 6.07) is 6.80. The summed E-state index contributed by atoms with van der Waals surface area (Å²) < 4.78 is 27.1. The molecule has 5 nitrogen and oxygen atoms in total. The molecular weight excluding hydrogens is 286 g/mol. The summed E-state index contributed by atoms with van der Waals surface area (Å²) in [4.78, 5) is 2.51. The van der Waals surface area contributed by atoms with Crippen molar-refractivity contribution >= 4 is 10.0 Å². The number of sulfonamides is 1. The third-order valence-corrected chi connectivity index (χ3v) is 6.08. The first-order chi connectivity index (χ1) is 9.82. The fourth-order valence-corrected chi connectivity index (χ4v) is 4.19. The fraction of sp³-hybridized carbons (Fsp3) is 0.600. The van der Waals surface area contributed by atoms with E-state index < -0.39 is 10.0 Å². The van der Waals surface area contributed by atoms with Crippen molar-refractivity contribution in [3.63, 3.8) is 0 Å². The normalized spacial score (nSPS) is 22.4. The maximum absolute atomic E-state index is 12.8. The summed E-state index contributed by atoms with van der Waals surface area (Å²) in [6.45, 7) is 3.67. The molecule has 1 fully saturated rings. The molecule has 2 rings (SSSR count). The smallest absolute Gasteiger partial charge is 0.243 e. The van der Waals surface area contributed by atoms with Gasteiger partial charge in [-0.25, -0.2) is 8.42 Å². The number of nitrogens with two attached hydrogens (primary N) is 1. The standard InChI is InChI=1S/C15H25N3O2S/c1-12(16)13-6-4-8-15(10-13)21(19,20)18(3)14-7-5-9-17(2)11-14/h4,6,8,10,12,14H,5,7,9,11,16H2,1-3H3. The lowest BCUT2D eigenvalue weighted by Crippen LogP contribution is -2.47. The summed E-state index contributed by atoms with van der Waals surface area (Å²) in [5, 5.41) is 0. The molecule has 1 aromatic carbocycles. The molecule has 2 atom stereocenters. The Morgan fingerprint density at radius 1 is 1.43 bits per heavy atom. The predicted octanol–water partition coefficient (Wildman–Crippen LogP) is 1.42. The van der Waals surface area contributed by atoms with E-state index in [1.54, 1.807) is 25.2 Å². The van der Waals surface area contributed by atoms with E-state index in [1.165, 1.54) is 4.31 Å². The fourth-order valence-electron chi connectivity index (χ4n) is 2.76. The summed E-state index contributed by atoms with van der Waals surface area (Å²) in [7, 11) is 0.242. The Hall–Kier alpha value is -0.950. The highest BCUT2D eigenvalue weighted by molar-refractivity contribution is 7.89. The first-order valence-corrected chi connectivity index (χ1v) is 8.78. The van der Waals surface area contributed by atoms with Crippen molar-refractivity contribution in [1.29, 1.82) is 0 Å². The summed E-state index contributed by atoms with van der Waals surface area (Å²) in [6.07, 6.45) is 1.94. The third kappa shape index (κ3) is 3.63.